The van der Waals surface area contributed by atoms with Gasteiger partial charge in [0, 0.05) is 0 Å². The highest BCUT2D eigenvalue weighted by atomic mass is 35.5. The standard InChI is InChI=1S/C6H10O.C3H5ClO/c1-2-4-6-5(3-1)7-6;1-2-3(4)5-2/h5-6H,1-4H2;2-3H,1H3. The van der Waals surface area contributed by atoms with Crippen molar-refractivity contribution >= 4 is 11.6 Å². The summed E-state index contributed by atoms with van der Waals surface area (Å²) in [6, 6.07) is 0. The Morgan fingerprint density at radius 3 is 1.75 bits per heavy atom. The molecule has 2 aliphatic heterocycles. The highest BCUT2D eigenvalue weighted by Gasteiger charge is 2.39. The first-order chi connectivity index (χ1) is 5.77. The maximum absolute atomic E-state index is 5.31. The minimum Gasteiger partial charge on any atom is -0.370 e. The number of rotatable bonds is 0. The van der Waals surface area contributed by atoms with Gasteiger partial charge in [0.15, 0.2) is 5.56 Å². The normalized spacial score (nSPS) is 48.5. The summed E-state index contributed by atoms with van der Waals surface area (Å²) in [6.07, 6.45) is 7.21. The summed E-state index contributed by atoms with van der Waals surface area (Å²) in [5.41, 5.74) is 0.0231. The molecule has 4 atom stereocenters. The SMILES string of the molecule is C1CCC2OC2C1.CC1OC1Cl. The number of fused-ring (bicyclic) bond motifs is 1. The lowest BCUT2D eigenvalue weighted by molar-refractivity contribution is 0.373. The predicted octanol–water partition coefficient (Wildman–Crippen LogP) is 2.30. The minimum atomic E-state index is 0.0231. The number of ether oxygens (including phenoxy) is 2. The lowest BCUT2D eigenvalue weighted by Crippen LogP contribution is -2.00. The van der Waals surface area contributed by atoms with Crippen LogP contribution in [0.25, 0.3) is 0 Å². The molecule has 1 saturated carbocycles. The Hall–Kier alpha value is 0.210. The van der Waals surface area contributed by atoms with Gasteiger partial charge < -0.3 is 9.47 Å². The summed E-state index contributed by atoms with van der Waals surface area (Å²) < 4.78 is 9.96. The molecule has 70 valence electrons. The van der Waals surface area contributed by atoms with E-state index >= 15 is 0 Å². The van der Waals surface area contributed by atoms with E-state index in [1.807, 2.05) is 6.92 Å². The molecule has 0 N–H and O–H groups in total. The van der Waals surface area contributed by atoms with Gasteiger partial charge in [0.1, 0.15) is 0 Å². The molecule has 3 heteroatoms. The molecule has 0 aromatic carbocycles. The Kier molecular flexibility index (Phi) is 2.58. The number of halogens is 1. The van der Waals surface area contributed by atoms with Crippen molar-refractivity contribution < 1.29 is 9.47 Å². The Morgan fingerprint density at radius 2 is 1.50 bits per heavy atom. The van der Waals surface area contributed by atoms with Crippen LogP contribution in [-0.2, 0) is 9.47 Å². The van der Waals surface area contributed by atoms with Crippen molar-refractivity contribution in [2.45, 2.75) is 56.5 Å². The van der Waals surface area contributed by atoms with Crippen LogP contribution in [0, 0.1) is 0 Å². The van der Waals surface area contributed by atoms with Gasteiger partial charge in [0.2, 0.25) is 0 Å². The van der Waals surface area contributed by atoms with Gasteiger partial charge in [-0.25, -0.2) is 0 Å². The fourth-order valence-electron chi connectivity index (χ4n) is 1.54. The zero-order valence-corrected chi connectivity index (χ0v) is 8.09. The maximum Gasteiger partial charge on any atom is 0.157 e. The van der Waals surface area contributed by atoms with Crippen LogP contribution < -0.4 is 0 Å². The van der Waals surface area contributed by atoms with E-state index in [0.29, 0.717) is 18.3 Å². The first kappa shape index (κ1) is 8.79. The molecule has 3 rings (SSSR count). The summed E-state index contributed by atoms with van der Waals surface area (Å²) in [6.45, 7) is 1.94. The summed E-state index contributed by atoms with van der Waals surface area (Å²) in [5, 5.41) is 0. The molecule has 0 spiro atoms. The van der Waals surface area contributed by atoms with Crippen LogP contribution in [-0.4, -0.2) is 23.9 Å². The molecule has 0 aromatic heterocycles. The molecule has 0 bridgehead atoms. The topological polar surface area (TPSA) is 25.1 Å². The minimum absolute atomic E-state index is 0.0231. The Balaban J connectivity index is 0.000000100. The molecule has 0 radical (unpaired) electrons. The summed E-state index contributed by atoms with van der Waals surface area (Å²) >= 11 is 5.31. The third-order valence-electron chi connectivity index (χ3n) is 2.55. The summed E-state index contributed by atoms with van der Waals surface area (Å²) in [4.78, 5) is 0. The Bertz CT molecular complexity index is 147. The molecule has 2 saturated heterocycles. The molecule has 2 nitrogen and oxygen atoms in total. The van der Waals surface area contributed by atoms with Crippen molar-refractivity contribution in [3.05, 3.63) is 0 Å². The molecule has 2 heterocycles. The van der Waals surface area contributed by atoms with Gasteiger partial charge in [-0.1, -0.05) is 24.4 Å². The quantitative estimate of drug-likeness (QED) is 0.433. The van der Waals surface area contributed by atoms with Gasteiger partial charge in [-0.3, -0.25) is 0 Å². The summed E-state index contributed by atoms with van der Waals surface area (Å²) in [7, 11) is 0. The highest BCUT2D eigenvalue weighted by molar-refractivity contribution is 6.21. The fraction of sp³-hybridized carbons (Fsp3) is 1.00. The predicted molar refractivity (Wildman–Crippen MR) is 47.3 cm³/mol. The highest BCUT2D eigenvalue weighted by Crippen LogP contribution is 2.35. The molecule has 4 unspecified atom stereocenters. The van der Waals surface area contributed by atoms with Crippen molar-refractivity contribution in [1.29, 1.82) is 0 Å². The second kappa shape index (κ2) is 3.52. The first-order valence-electron chi connectivity index (χ1n) is 4.72. The number of alkyl halides is 1. The largest absolute Gasteiger partial charge is 0.370 e. The number of hydrogen-bond donors (Lipinski definition) is 0. The van der Waals surface area contributed by atoms with Crippen LogP contribution in [0.4, 0.5) is 0 Å². The van der Waals surface area contributed by atoms with E-state index in [1.54, 1.807) is 0 Å². The molecule has 0 amide bonds. The van der Waals surface area contributed by atoms with E-state index in [1.165, 1.54) is 25.7 Å². The van der Waals surface area contributed by atoms with Gasteiger partial charge in [-0.05, 0) is 19.8 Å². The van der Waals surface area contributed by atoms with Crippen LogP contribution in [0.2, 0.25) is 0 Å². The van der Waals surface area contributed by atoms with E-state index < -0.39 is 0 Å². The maximum atomic E-state index is 5.31. The monoisotopic (exact) mass is 190 g/mol. The van der Waals surface area contributed by atoms with Crippen LogP contribution >= 0.6 is 11.6 Å². The van der Waals surface area contributed by atoms with Gasteiger partial charge in [0.05, 0.1) is 18.3 Å². The summed E-state index contributed by atoms with van der Waals surface area (Å²) in [5.74, 6) is 0. The Morgan fingerprint density at radius 1 is 1.08 bits per heavy atom. The van der Waals surface area contributed by atoms with E-state index in [9.17, 15) is 0 Å². The van der Waals surface area contributed by atoms with E-state index in [4.69, 9.17) is 16.3 Å². The lowest BCUT2D eigenvalue weighted by atomic mass is 10.0. The number of epoxide rings is 2. The Labute approximate surface area is 78.2 Å². The molecule has 1 aliphatic carbocycles. The number of hydrogen-bond acceptors (Lipinski definition) is 2. The zero-order valence-electron chi connectivity index (χ0n) is 7.33. The van der Waals surface area contributed by atoms with E-state index in [2.05, 4.69) is 4.74 Å². The third kappa shape index (κ3) is 2.35. The van der Waals surface area contributed by atoms with Crippen LogP contribution in [0.15, 0.2) is 0 Å². The first-order valence-corrected chi connectivity index (χ1v) is 5.16. The van der Waals surface area contributed by atoms with Crippen LogP contribution in [0.3, 0.4) is 0 Å². The van der Waals surface area contributed by atoms with Crippen molar-refractivity contribution in [3.8, 4) is 0 Å². The molecule has 3 aliphatic rings. The van der Waals surface area contributed by atoms with Crippen LogP contribution in [0.1, 0.15) is 32.6 Å². The second-order valence-electron chi connectivity index (χ2n) is 3.69. The van der Waals surface area contributed by atoms with Gasteiger partial charge in [-0.15, -0.1) is 0 Å². The van der Waals surface area contributed by atoms with Crippen molar-refractivity contribution in [3.63, 3.8) is 0 Å². The fourth-order valence-corrected chi connectivity index (χ4v) is 1.70. The molecule has 3 fully saturated rings. The zero-order chi connectivity index (χ0) is 8.55. The average molecular weight is 191 g/mol. The smallest absolute Gasteiger partial charge is 0.157 e. The van der Waals surface area contributed by atoms with Crippen molar-refractivity contribution in [2.24, 2.45) is 0 Å². The molecular weight excluding hydrogens is 176 g/mol. The van der Waals surface area contributed by atoms with E-state index in [-0.39, 0.29) is 5.56 Å². The van der Waals surface area contributed by atoms with Gasteiger partial charge >= 0.3 is 0 Å². The van der Waals surface area contributed by atoms with Crippen LogP contribution in [0.5, 0.6) is 0 Å². The molecule has 0 aromatic rings. The van der Waals surface area contributed by atoms with Gasteiger partial charge in [0.25, 0.3) is 0 Å². The van der Waals surface area contributed by atoms with Crippen molar-refractivity contribution in [2.75, 3.05) is 0 Å². The lowest BCUT2D eigenvalue weighted by Gasteiger charge is -2.00. The third-order valence-corrected chi connectivity index (χ3v) is 3.01. The van der Waals surface area contributed by atoms with Gasteiger partial charge in [-0.2, -0.15) is 0 Å². The average Bonchev–Trinajstić information content (AvgIpc) is 2.92. The second-order valence-corrected chi connectivity index (χ2v) is 4.12. The van der Waals surface area contributed by atoms with E-state index in [0.717, 1.165) is 0 Å². The molecule has 12 heavy (non-hydrogen) atoms. The van der Waals surface area contributed by atoms with Crippen molar-refractivity contribution in [1.82, 2.24) is 0 Å². The molecular formula is C9H15ClO2.